The molecule has 0 saturated heterocycles. The molecule has 1 aromatic rings. The van der Waals surface area contributed by atoms with Crippen LogP contribution in [0.4, 0.5) is 13.2 Å². The molecule has 0 spiro atoms. The topological polar surface area (TPSA) is 24.9 Å². The van der Waals surface area contributed by atoms with Gasteiger partial charge in [0.25, 0.3) is 0 Å². The van der Waals surface area contributed by atoms with E-state index in [0.29, 0.717) is 19.4 Å². The van der Waals surface area contributed by atoms with E-state index in [9.17, 15) is 13.2 Å². The van der Waals surface area contributed by atoms with Gasteiger partial charge in [0, 0.05) is 18.8 Å². The number of pyridine rings is 1. The van der Waals surface area contributed by atoms with Crippen LogP contribution in [0.2, 0.25) is 0 Å². The van der Waals surface area contributed by atoms with E-state index in [-0.39, 0.29) is 18.9 Å². The Morgan fingerprint density at radius 2 is 1.89 bits per heavy atom. The molecule has 1 heterocycles. The van der Waals surface area contributed by atoms with Gasteiger partial charge in [0.2, 0.25) is 0 Å². The normalized spacial score (nSPS) is 25.1. The van der Waals surface area contributed by atoms with Gasteiger partial charge in [-0.05, 0) is 37.8 Å². The molecule has 1 saturated carbocycles. The lowest BCUT2D eigenvalue weighted by molar-refractivity contribution is -0.182. The number of alkyl halides is 3. The molecule has 1 aliphatic carbocycles. The molecule has 0 aromatic carbocycles. The van der Waals surface area contributed by atoms with E-state index in [1.807, 2.05) is 18.2 Å². The summed E-state index contributed by atoms with van der Waals surface area (Å²) in [5, 5.41) is 3.28. The van der Waals surface area contributed by atoms with Gasteiger partial charge in [-0.1, -0.05) is 6.07 Å². The quantitative estimate of drug-likeness (QED) is 0.899. The molecule has 2 rings (SSSR count). The van der Waals surface area contributed by atoms with Crippen LogP contribution in [0.15, 0.2) is 24.4 Å². The zero-order chi connectivity index (χ0) is 13.0. The second-order valence-corrected chi connectivity index (χ2v) is 4.79. The molecule has 1 aromatic heterocycles. The van der Waals surface area contributed by atoms with Crippen molar-refractivity contribution in [3.8, 4) is 0 Å². The van der Waals surface area contributed by atoms with Crippen molar-refractivity contribution in [2.24, 2.45) is 5.92 Å². The van der Waals surface area contributed by atoms with Gasteiger partial charge in [-0.2, -0.15) is 13.2 Å². The predicted octanol–water partition coefficient (Wildman–Crippen LogP) is 3.29. The summed E-state index contributed by atoms with van der Waals surface area (Å²) in [6, 6.07) is 5.85. The van der Waals surface area contributed by atoms with E-state index >= 15 is 0 Å². The molecule has 18 heavy (non-hydrogen) atoms. The first-order valence-electron chi connectivity index (χ1n) is 6.25. The molecule has 0 bridgehead atoms. The lowest BCUT2D eigenvalue weighted by Gasteiger charge is -2.30. The molecule has 1 fully saturated rings. The summed E-state index contributed by atoms with van der Waals surface area (Å²) in [5.41, 5.74) is 0.926. The fraction of sp³-hybridized carbons (Fsp3) is 0.615. The van der Waals surface area contributed by atoms with Crippen LogP contribution < -0.4 is 5.32 Å². The van der Waals surface area contributed by atoms with E-state index < -0.39 is 12.1 Å². The molecule has 0 amide bonds. The predicted molar refractivity (Wildman–Crippen MR) is 62.9 cm³/mol. The van der Waals surface area contributed by atoms with E-state index in [2.05, 4.69) is 10.3 Å². The highest BCUT2D eigenvalue weighted by molar-refractivity contribution is 5.03. The molecule has 2 nitrogen and oxygen atoms in total. The summed E-state index contributed by atoms with van der Waals surface area (Å²) in [6.07, 6.45) is -0.635. The van der Waals surface area contributed by atoms with Crippen LogP contribution in [0, 0.1) is 5.92 Å². The Labute approximate surface area is 105 Å². The molecular formula is C13H17F3N2. The zero-order valence-electron chi connectivity index (χ0n) is 10.1. The van der Waals surface area contributed by atoms with Crippen LogP contribution in [-0.4, -0.2) is 17.2 Å². The van der Waals surface area contributed by atoms with E-state index in [4.69, 9.17) is 0 Å². The minimum atomic E-state index is -4.02. The van der Waals surface area contributed by atoms with Crippen molar-refractivity contribution >= 4 is 0 Å². The van der Waals surface area contributed by atoms with Gasteiger partial charge in [-0.25, -0.2) is 0 Å². The number of nitrogens with one attached hydrogen (secondary N) is 1. The Kier molecular flexibility index (Phi) is 4.22. The van der Waals surface area contributed by atoms with Gasteiger partial charge >= 0.3 is 6.18 Å². The first kappa shape index (κ1) is 13.3. The maximum Gasteiger partial charge on any atom is 0.391 e. The van der Waals surface area contributed by atoms with Gasteiger partial charge in [-0.15, -0.1) is 0 Å². The van der Waals surface area contributed by atoms with Gasteiger partial charge < -0.3 is 5.32 Å². The van der Waals surface area contributed by atoms with Crippen LogP contribution in [0.3, 0.4) is 0 Å². The molecule has 0 radical (unpaired) electrons. The summed E-state index contributed by atoms with van der Waals surface area (Å²) < 4.78 is 37.5. The minimum absolute atomic E-state index is 0.186. The summed E-state index contributed by atoms with van der Waals surface area (Å²) in [7, 11) is 0. The largest absolute Gasteiger partial charge is 0.391 e. The fourth-order valence-corrected chi connectivity index (χ4v) is 2.38. The van der Waals surface area contributed by atoms with Gasteiger partial charge in [0.15, 0.2) is 0 Å². The van der Waals surface area contributed by atoms with Crippen molar-refractivity contribution in [2.45, 2.75) is 44.4 Å². The molecular weight excluding hydrogens is 241 g/mol. The van der Waals surface area contributed by atoms with Gasteiger partial charge in [-0.3, -0.25) is 4.98 Å². The van der Waals surface area contributed by atoms with E-state index in [0.717, 1.165) is 5.69 Å². The highest BCUT2D eigenvalue weighted by Gasteiger charge is 2.41. The number of hydrogen-bond acceptors (Lipinski definition) is 2. The molecule has 100 valence electrons. The van der Waals surface area contributed by atoms with Gasteiger partial charge in [0.05, 0.1) is 11.6 Å². The number of halogens is 3. The van der Waals surface area contributed by atoms with Crippen LogP contribution in [-0.2, 0) is 6.54 Å². The van der Waals surface area contributed by atoms with Crippen molar-refractivity contribution in [1.82, 2.24) is 10.3 Å². The molecule has 0 unspecified atom stereocenters. The third kappa shape index (κ3) is 3.70. The Balaban J connectivity index is 1.74. The standard InChI is InChI=1S/C13H17F3N2/c14-13(15,16)10-4-6-11(7-5-10)18-9-12-3-1-2-8-17-12/h1-3,8,10-11,18H,4-7,9H2. The lowest BCUT2D eigenvalue weighted by Crippen LogP contribution is -2.36. The zero-order valence-corrected chi connectivity index (χ0v) is 10.1. The van der Waals surface area contributed by atoms with E-state index in [1.54, 1.807) is 6.20 Å². The molecule has 0 atom stereocenters. The van der Waals surface area contributed by atoms with Crippen LogP contribution >= 0.6 is 0 Å². The minimum Gasteiger partial charge on any atom is -0.308 e. The number of nitrogens with zero attached hydrogens (tertiary/aromatic N) is 1. The highest BCUT2D eigenvalue weighted by Crippen LogP contribution is 2.37. The second kappa shape index (κ2) is 5.69. The maximum atomic E-state index is 12.5. The molecule has 1 aliphatic rings. The maximum absolute atomic E-state index is 12.5. The SMILES string of the molecule is FC(F)(F)C1CCC(NCc2ccccn2)CC1. The Bertz CT molecular complexity index is 356. The molecule has 5 heteroatoms. The van der Waals surface area contributed by atoms with E-state index in [1.165, 1.54) is 0 Å². The van der Waals surface area contributed by atoms with Crippen molar-refractivity contribution in [3.63, 3.8) is 0 Å². The van der Waals surface area contributed by atoms with Crippen molar-refractivity contribution in [3.05, 3.63) is 30.1 Å². The Morgan fingerprint density at radius 3 is 2.44 bits per heavy atom. The van der Waals surface area contributed by atoms with Gasteiger partial charge in [0.1, 0.15) is 0 Å². The van der Waals surface area contributed by atoms with Crippen LogP contribution in [0.25, 0.3) is 0 Å². The fourth-order valence-electron chi connectivity index (χ4n) is 2.38. The third-order valence-corrected chi connectivity index (χ3v) is 3.49. The average Bonchev–Trinajstić information content (AvgIpc) is 2.37. The first-order chi connectivity index (χ1) is 8.55. The van der Waals surface area contributed by atoms with Crippen LogP contribution in [0.5, 0.6) is 0 Å². The summed E-state index contributed by atoms with van der Waals surface area (Å²) in [4.78, 5) is 4.17. The smallest absolute Gasteiger partial charge is 0.308 e. The lowest BCUT2D eigenvalue weighted by atomic mass is 9.85. The van der Waals surface area contributed by atoms with Crippen molar-refractivity contribution in [1.29, 1.82) is 0 Å². The van der Waals surface area contributed by atoms with Crippen LogP contribution in [0.1, 0.15) is 31.4 Å². The second-order valence-electron chi connectivity index (χ2n) is 4.79. The Morgan fingerprint density at radius 1 is 1.17 bits per heavy atom. The monoisotopic (exact) mass is 258 g/mol. The summed E-state index contributed by atoms with van der Waals surface area (Å²) in [6.45, 7) is 0.627. The van der Waals surface area contributed by atoms with Crippen molar-refractivity contribution in [2.75, 3.05) is 0 Å². The molecule has 0 aliphatic heterocycles. The number of aromatic nitrogens is 1. The highest BCUT2D eigenvalue weighted by atomic mass is 19.4. The number of rotatable bonds is 3. The molecule has 1 N–H and O–H groups in total. The Hall–Kier alpha value is -1.10. The first-order valence-corrected chi connectivity index (χ1v) is 6.25. The third-order valence-electron chi connectivity index (χ3n) is 3.49. The summed E-state index contributed by atoms with van der Waals surface area (Å²) >= 11 is 0. The average molecular weight is 258 g/mol. The number of hydrogen-bond donors (Lipinski definition) is 1. The summed E-state index contributed by atoms with van der Waals surface area (Å²) in [5.74, 6) is -1.11. The van der Waals surface area contributed by atoms with Crippen molar-refractivity contribution < 1.29 is 13.2 Å².